The highest BCUT2D eigenvalue weighted by molar-refractivity contribution is 7.80. The van der Waals surface area contributed by atoms with Crippen LogP contribution in [-0.4, -0.2) is 26.8 Å². The van der Waals surface area contributed by atoms with Crippen LogP contribution in [0.2, 0.25) is 5.02 Å². The molecule has 0 unspecified atom stereocenters. The van der Waals surface area contributed by atoms with Crippen LogP contribution < -0.4 is 15.0 Å². The summed E-state index contributed by atoms with van der Waals surface area (Å²) >= 11 is 12.3. The average Bonchev–Trinajstić information content (AvgIpc) is 3.44. The fourth-order valence-corrected chi connectivity index (χ4v) is 4.70. The second kappa shape index (κ2) is 8.61. The monoisotopic (exact) mass is 461 g/mol. The minimum atomic E-state index is -0.169. The summed E-state index contributed by atoms with van der Waals surface area (Å²) in [5, 5.41) is 4.60. The molecule has 1 aliphatic rings. The molecule has 2 atom stereocenters. The average molecular weight is 462 g/mol. The molecule has 0 radical (unpaired) electrons. The fourth-order valence-electron chi connectivity index (χ4n) is 4.11. The highest BCUT2D eigenvalue weighted by Gasteiger charge is 2.42. The van der Waals surface area contributed by atoms with Crippen molar-refractivity contribution < 1.29 is 4.74 Å². The Morgan fingerprint density at radius 1 is 1.03 bits per heavy atom. The number of aromatic nitrogens is 3. The number of ether oxygens (including phenoxy) is 1. The number of anilines is 1. The van der Waals surface area contributed by atoms with Crippen LogP contribution in [0, 0.1) is 0 Å². The molecule has 0 amide bonds. The molecular formula is C24H20ClN5OS. The van der Waals surface area contributed by atoms with Crippen LogP contribution in [0.5, 0.6) is 5.75 Å². The number of nitrogens with one attached hydrogen (secondary N) is 1. The second-order valence-corrected chi connectivity index (χ2v) is 8.12. The lowest BCUT2D eigenvalue weighted by Gasteiger charge is -2.29. The molecule has 160 valence electrons. The van der Waals surface area contributed by atoms with Crippen molar-refractivity contribution in [3.8, 4) is 11.4 Å². The fraction of sp³-hybridized carbons (Fsp3) is 0.125. The number of pyridine rings is 2. The van der Waals surface area contributed by atoms with Crippen LogP contribution in [0.25, 0.3) is 5.69 Å². The first kappa shape index (κ1) is 20.5. The van der Waals surface area contributed by atoms with Crippen LogP contribution in [0.4, 0.5) is 5.69 Å². The zero-order valence-corrected chi connectivity index (χ0v) is 18.8. The number of hydrogen-bond acceptors (Lipinski definition) is 4. The number of benzene rings is 1. The van der Waals surface area contributed by atoms with Crippen LogP contribution in [0.1, 0.15) is 23.5 Å². The smallest absolute Gasteiger partial charge is 0.174 e. The summed E-state index contributed by atoms with van der Waals surface area (Å²) in [5.74, 6) is 0.616. The van der Waals surface area contributed by atoms with E-state index in [2.05, 4.69) is 30.8 Å². The van der Waals surface area contributed by atoms with Crippen molar-refractivity contribution in [3.05, 3.63) is 102 Å². The molecule has 1 fully saturated rings. The van der Waals surface area contributed by atoms with E-state index >= 15 is 0 Å². The van der Waals surface area contributed by atoms with E-state index in [1.165, 1.54) is 0 Å². The molecule has 4 aromatic rings. The second-order valence-electron chi connectivity index (χ2n) is 7.33. The van der Waals surface area contributed by atoms with Gasteiger partial charge in [0.25, 0.3) is 0 Å². The van der Waals surface area contributed by atoms with Crippen molar-refractivity contribution in [3.63, 3.8) is 0 Å². The number of halogens is 1. The van der Waals surface area contributed by atoms with Gasteiger partial charge in [-0.3, -0.25) is 9.97 Å². The predicted octanol–water partition coefficient (Wildman–Crippen LogP) is 5.11. The zero-order chi connectivity index (χ0) is 22.1. The van der Waals surface area contributed by atoms with Gasteiger partial charge in [-0.2, -0.15) is 0 Å². The lowest BCUT2D eigenvalue weighted by molar-refractivity contribution is 0.415. The highest BCUT2D eigenvalue weighted by Crippen LogP contribution is 2.43. The van der Waals surface area contributed by atoms with E-state index < -0.39 is 0 Å². The molecule has 4 heterocycles. The Bertz CT molecular complexity index is 1250. The molecule has 1 aromatic carbocycles. The van der Waals surface area contributed by atoms with Crippen molar-refractivity contribution in [2.45, 2.75) is 12.1 Å². The summed E-state index contributed by atoms with van der Waals surface area (Å²) < 4.78 is 7.46. The van der Waals surface area contributed by atoms with Crippen LogP contribution in [0.15, 0.2) is 85.5 Å². The molecule has 1 N–H and O–H groups in total. The van der Waals surface area contributed by atoms with Crippen LogP contribution in [-0.2, 0) is 0 Å². The number of hydrogen-bond donors (Lipinski definition) is 1. The van der Waals surface area contributed by atoms with Gasteiger partial charge >= 0.3 is 0 Å². The first-order chi connectivity index (χ1) is 15.7. The number of rotatable bonds is 5. The minimum Gasteiger partial charge on any atom is -0.495 e. The third kappa shape index (κ3) is 3.59. The molecule has 1 saturated heterocycles. The van der Waals surface area contributed by atoms with E-state index in [1.807, 2.05) is 67.0 Å². The van der Waals surface area contributed by atoms with Gasteiger partial charge in [0.05, 0.1) is 35.8 Å². The predicted molar refractivity (Wildman–Crippen MR) is 129 cm³/mol. The van der Waals surface area contributed by atoms with Crippen molar-refractivity contribution in [1.82, 2.24) is 19.9 Å². The molecule has 6 nitrogen and oxygen atoms in total. The molecule has 0 saturated carbocycles. The number of methoxy groups -OCH3 is 1. The summed E-state index contributed by atoms with van der Waals surface area (Å²) in [7, 11) is 1.60. The zero-order valence-electron chi connectivity index (χ0n) is 17.2. The van der Waals surface area contributed by atoms with Crippen molar-refractivity contribution in [2.75, 3.05) is 12.0 Å². The molecule has 1 aliphatic heterocycles. The Labute approximate surface area is 196 Å². The molecule has 0 spiro atoms. The van der Waals surface area contributed by atoms with Gasteiger partial charge in [0.15, 0.2) is 5.11 Å². The maximum Gasteiger partial charge on any atom is 0.174 e. The maximum atomic E-state index is 6.47. The Morgan fingerprint density at radius 2 is 1.94 bits per heavy atom. The van der Waals surface area contributed by atoms with Gasteiger partial charge in [-0.25, -0.2) is 0 Å². The molecule has 32 heavy (non-hydrogen) atoms. The maximum absolute atomic E-state index is 6.47. The SMILES string of the molecule is COc1ccc(N2C(=S)N[C@H](c3ccccn3)[C@H]2c2cccn2-c2cccnc2)cc1Cl. The molecule has 3 aromatic heterocycles. The van der Waals surface area contributed by atoms with E-state index in [4.69, 9.17) is 28.6 Å². The summed E-state index contributed by atoms with van der Waals surface area (Å²) in [6.45, 7) is 0. The first-order valence-electron chi connectivity index (χ1n) is 10.1. The van der Waals surface area contributed by atoms with Crippen LogP contribution >= 0.6 is 23.8 Å². The minimum absolute atomic E-state index is 0.158. The van der Waals surface area contributed by atoms with E-state index in [9.17, 15) is 0 Å². The lowest BCUT2D eigenvalue weighted by atomic mass is 10.0. The van der Waals surface area contributed by atoms with Gasteiger partial charge < -0.3 is 19.5 Å². The molecular weight excluding hydrogens is 442 g/mol. The largest absolute Gasteiger partial charge is 0.495 e. The summed E-state index contributed by atoms with van der Waals surface area (Å²) in [5.41, 5.74) is 3.79. The van der Waals surface area contributed by atoms with Crippen molar-refractivity contribution in [2.24, 2.45) is 0 Å². The normalized spacial score (nSPS) is 17.9. The topological polar surface area (TPSA) is 55.2 Å². The number of nitrogens with zero attached hydrogens (tertiary/aromatic N) is 4. The van der Waals surface area contributed by atoms with Crippen LogP contribution in [0.3, 0.4) is 0 Å². The Balaban J connectivity index is 1.66. The first-order valence-corrected chi connectivity index (χ1v) is 10.9. The van der Waals surface area contributed by atoms with Crippen molar-refractivity contribution >= 4 is 34.6 Å². The third-order valence-corrected chi connectivity index (χ3v) is 6.13. The Hall–Kier alpha value is -3.42. The third-order valence-electron chi connectivity index (χ3n) is 5.52. The molecule has 0 bridgehead atoms. The van der Waals surface area contributed by atoms with Gasteiger partial charge in [-0.15, -0.1) is 0 Å². The van der Waals surface area contributed by atoms with Gasteiger partial charge in [0, 0.05) is 30.0 Å². The number of thiocarbonyl (C=S) groups is 1. The lowest BCUT2D eigenvalue weighted by Crippen LogP contribution is -2.30. The van der Waals surface area contributed by atoms with Gasteiger partial charge in [0.1, 0.15) is 11.8 Å². The van der Waals surface area contributed by atoms with E-state index in [0.29, 0.717) is 15.9 Å². The Morgan fingerprint density at radius 3 is 2.66 bits per heavy atom. The highest BCUT2D eigenvalue weighted by atomic mass is 35.5. The molecule has 5 rings (SSSR count). The summed E-state index contributed by atoms with van der Waals surface area (Å²) in [6, 6.07) is 19.3. The van der Waals surface area contributed by atoms with E-state index in [-0.39, 0.29) is 12.1 Å². The van der Waals surface area contributed by atoms with Crippen molar-refractivity contribution in [1.29, 1.82) is 0 Å². The quantitative estimate of drug-likeness (QED) is 0.417. The van der Waals surface area contributed by atoms with Gasteiger partial charge in [-0.05, 0) is 66.8 Å². The van der Waals surface area contributed by atoms with Gasteiger partial charge in [0.2, 0.25) is 0 Å². The summed E-state index contributed by atoms with van der Waals surface area (Å²) in [4.78, 5) is 11.0. The van der Waals surface area contributed by atoms with E-state index in [1.54, 1.807) is 19.5 Å². The summed E-state index contributed by atoms with van der Waals surface area (Å²) in [6.07, 6.45) is 7.43. The standard InChI is InChI=1S/C24H20ClN5OS/c1-31-21-10-9-16(14-18(21)25)30-23(22(28-24(30)32)19-7-2-3-12-27-19)20-8-5-13-29(20)17-6-4-11-26-15-17/h2-15,22-23H,1H3,(H,28,32)/t22-,23-/m1/s1. The molecule has 8 heteroatoms. The van der Waals surface area contributed by atoms with E-state index in [0.717, 1.165) is 22.8 Å². The molecule has 0 aliphatic carbocycles. The van der Waals surface area contributed by atoms with Gasteiger partial charge in [-0.1, -0.05) is 17.7 Å². The Kier molecular flexibility index (Phi) is 5.51.